The van der Waals surface area contributed by atoms with Gasteiger partial charge in [0.1, 0.15) is 5.75 Å². The molecular weight excluding hydrogens is 272 g/mol. The Bertz CT molecular complexity index is 479. The maximum absolute atomic E-state index is 11.7. The molecule has 7 heteroatoms. The van der Waals surface area contributed by atoms with Crippen LogP contribution in [0.1, 0.15) is 12.8 Å². The summed E-state index contributed by atoms with van der Waals surface area (Å²) in [5.74, 6) is -1.01. The molecule has 4 N–H and O–H groups in total. The standard InChI is InChI=1S/C12H15ClN2O4/c1-19-10-6-7(2-3-8(10)13)15-12(18)9(14)4-5-11(16)17/h2-3,6,9H,4-5,14H2,1H3,(H,15,18)(H,16,17). The largest absolute Gasteiger partial charge is 0.495 e. The highest BCUT2D eigenvalue weighted by atomic mass is 35.5. The van der Waals surface area contributed by atoms with E-state index in [1.807, 2.05) is 0 Å². The van der Waals surface area contributed by atoms with Crippen molar-refractivity contribution in [1.82, 2.24) is 0 Å². The summed E-state index contributed by atoms with van der Waals surface area (Å²) in [6.45, 7) is 0. The molecule has 6 nitrogen and oxygen atoms in total. The lowest BCUT2D eigenvalue weighted by atomic mass is 10.1. The van der Waals surface area contributed by atoms with Crippen molar-refractivity contribution < 1.29 is 19.4 Å². The second-order valence-corrected chi connectivity index (χ2v) is 4.28. The van der Waals surface area contributed by atoms with E-state index in [9.17, 15) is 9.59 Å². The molecule has 0 aliphatic rings. The summed E-state index contributed by atoms with van der Waals surface area (Å²) in [5.41, 5.74) is 6.06. The van der Waals surface area contributed by atoms with Gasteiger partial charge in [-0.05, 0) is 18.6 Å². The van der Waals surface area contributed by atoms with Crippen LogP contribution in [0.25, 0.3) is 0 Å². The number of benzene rings is 1. The molecule has 1 amide bonds. The van der Waals surface area contributed by atoms with Crippen molar-refractivity contribution in [3.05, 3.63) is 23.2 Å². The Morgan fingerprint density at radius 3 is 2.79 bits per heavy atom. The molecule has 1 unspecified atom stereocenters. The van der Waals surface area contributed by atoms with E-state index in [1.54, 1.807) is 18.2 Å². The second-order valence-electron chi connectivity index (χ2n) is 3.88. The van der Waals surface area contributed by atoms with Gasteiger partial charge in [-0.25, -0.2) is 0 Å². The number of carboxylic acid groups (broad SMARTS) is 1. The molecule has 1 aromatic rings. The number of hydrogen-bond acceptors (Lipinski definition) is 4. The maximum atomic E-state index is 11.7. The second kappa shape index (κ2) is 6.96. The minimum Gasteiger partial charge on any atom is -0.495 e. The summed E-state index contributed by atoms with van der Waals surface area (Å²) in [4.78, 5) is 22.1. The van der Waals surface area contributed by atoms with E-state index in [1.165, 1.54) is 7.11 Å². The number of nitrogens with two attached hydrogens (primary N) is 1. The summed E-state index contributed by atoms with van der Waals surface area (Å²) in [6.07, 6.45) is -0.0790. The van der Waals surface area contributed by atoms with Crippen molar-refractivity contribution in [2.75, 3.05) is 12.4 Å². The molecule has 1 rings (SSSR count). The molecular formula is C12H15ClN2O4. The van der Waals surface area contributed by atoms with Gasteiger partial charge < -0.3 is 20.9 Å². The van der Waals surface area contributed by atoms with E-state index in [0.717, 1.165) is 0 Å². The van der Waals surface area contributed by atoms with E-state index in [2.05, 4.69) is 5.32 Å². The number of carboxylic acids is 1. The third kappa shape index (κ3) is 4.76. The zero-order valence-corrected chi connectivity index (χ0v) is 11.1. The number of amides is 1. The molecule has 0 aliphatic heterocycles. The number of carbonyl (C=O) groups is 2. The van der Waals surface area contributed by atoms with Crippen LogP contribution in [0.4, 0.5) is 5.69 Å². The van der Waals surface area contributed by atoms with E-state index in [0.29, 0.717) is 16.5 Å². The highest BCUT2D eigenvalue weighted by Gasteiger charge is 2.15. The summed E-state index contributed by atoms with van der Waals surface area (Å²) >= 11 is 5.85. The Balaban J connectivity index is 2.63. The topological polar surface area (TPSA) is 102 Å². The van der Waals surface area contributed by atoms with Gasteiger partial charge in [0.15, 0.2) is 0 Å². The van der Waals surface area contributed by atoms with Gasteiger partial charge in [-0.15, -0.1) is 0 Å². The van der Waals surface area contributed by atoms with Crippen LogP contribution in [-0.2, 0) is 9.59 Å². The molecule has 1 aromatic carbocycles. The zero-order chi connectivity index (χ0) is 14.4. The number of hydrogen-bond donors (Lipinski definition) is 3. The van der Waals surface area contributed by atoms with Crippen LogP contribution >= 0.6 is 11.6 Å². The maximum Gasteiger partial charge on any atom is 0.303 e. The average Bonchev–Trinajstić information content (AvgIpc) is 2.37. The average molecular weight is 287 g/mol. The number of carbonyl (C=O) groups excluding carboxylic acids is 1. The molecule has 104 valence electrons. The molecule has 0 bridgehead atoms. The third-order valence-electron chi connectivity index (χ3n) is 2.42. The normalized spacial score (nSPS) is 11.7. The molecule has 0 radical (unpaired) electrons. The fraction of sp³-hybridized carbons (Fsp3) is 0.333. The van der Waals surface area contributed by atoms with Crippen LogP contribution in [0.2, 0.25) is 5.02 Å². The number of methoxy groups -OCH3 is 1. The minimum absolute atomic E-state index is 0.0753. The summed E-state index contributed by atoms with van der Waals surface area (Å²) in [7, 11) is 1.46. The van der Waals surface area contributed by atoms with Crippen molar-refractivity contribution in [3.63, 3.8) is 0 Å². The van der Waals surface area contributed by atoms with E-state index in [4.69, 9.17) is 27.2 Å². The first-order valence-electron chi connectivity index (χ1n) is 5.56. The van der Waals surface area contributed by atoms with Crippen LogP contribution in [0.15, 0.2) is 18.2 Å². The number of ether oxygens (including phenoxy) is 1. The number of anilines is 1. The molecule has 0 saturated heterocycles. The predicted octanol–water partition coefficient (Wildman–Crippen LogP) is 1.48. The first-order valence-corrected chi connectivity index (χ1v) is 5.93. The van der Waals surface area contributed by atoms with E-state index >= 15 is 0 Å². The van der Waals surface area contributed by atoms with Crippen molar-refractivity contribution in [1.29, 1.82) is 0 Å². The molecule has 1 atom stereocenters. The summed E-state index contributed by atoms with van der Waals surface area (Å²) < 4.78 is 5.01. The summed E-state index contributed by atoms with van der Waals surface area (Å²) in [5, 5.41) is 11.5. The molecule has 0 aromatic heterocycles. The Hall–Kier alpha value is -1.79. The van der Waals surface area contributed by atoms with E-state index in [-0.39, 0.29) is 12.8 Å². The third-order valence-corrected chi connectivity index (χ3v) is 2.74. The first kappa shape index (κ1) is 15.3. The Morgan fingerprint density at radius 1 is 1.53 bits per heavy atom. The molecule has 0 spiro atoms. The highest BCUT2D eigenvalue weighted by molar-refractivity contribution is 6.32. The van der Waals surface area contributed by atoms with Crippen molar-refractivity contribution >= 4 is 29.2 Å². The Kier molecular flexibility index (Phi) is 5.59. The number of rotatable bonds is 6. The van der Waals surface area contributed by atoms with Gasteiger partial charge in [0.25, 0.3) is 0 Å². The number of nitrogens with one attached hydrogen (secondary N) is 1. The lowest BCUT2D eigenvalue weighted by molar-refractivity contribution is -0.137. The number of halogens is 1. The lowest BCUT2D eigenvalue weighted by Gasteiger charge is -2.12. The Labute approximate surface area is 115 Å². The molecule has 0 heterocycles. The van der Waals surface area contributed by atoms with Crippen molar-refractivity contribution in [3.8, 4) is 5.75 Å². The van der Waals surface area contributed by atoms with Gasteiger partial charge in [-0.3, -0.25) is 9.59 Å². The molecule has 0 saturated carbocycles. The first-order chi connectivity index (χ1) is 8.93. The molecule has 0 fully saturated rings. The van der Waals surface area contributed by atoms with Gasteiger partial charge in [-0.2, -0.15) is 0 Å². The minimum atomic E-state index is -0.989. The van der Waals surface area contributed by atoms with Crippen LogP contribution in [-0.4, -0.2) is 30.1 Å². The fourth-order valence-corrected chi connectivity index (χ4v) is 1.58. The monoisotopic (exact) mass is 286 g/mol. The van der Waals surface area contributed by atoms with Gasteiger partial charge >= 0.3 is 5.97 Å². The zero-order valence-electron chi connectivity index (χ0n) is 10.4. The quantitative estimate of drug-likeness (QED) is 0.735. The smallest absolute Gasteiger partial charge is 0.303 e. The van der Waals surface area contributed by atoms with Crippen LogP contribution in [0.5, 0.6) is 5.75 Å². The van der Waals surface area contributed by atoms with Crippen LogP contribution in [0.3, 0.4) is 0 Å². The van der Waals surface area contributed by atoms with Gasteiger partial charge in [0.05, 0.1) is 18.2 Å². The van der Waals surface area contributed by atoms with Gasteiger partial charge in [0, 0.05) is 18.2 Å². The van der Waals surface area contributed by atoms with Gasteiger partial charge in [0.2, 0.25) is 5.91 Å². The lowest BCUT2D eigenvalue weighted by Crippen LogP contribution is -2.36. The SMILES string of the molecule is COc1cc(NC(=O)C(N)CCC(=O)O)ccc1Cl. The number of aliphatic carboxylic acids is 1. The Morgan fingerprint density at radius 2 is 2.21 bits per heavy atom. The van der Waals surface area contributed by atoms with Crippen molar-refractivity contribution in [2.24, 2.45) is 5.73 Å². The van der Waals surface area contributed by atoms with Gasteiger partial charge in [-0.1, -0.05) is 11.6 Å². The molecule has 0 aliphatic carbocycles. The fourth-order valence-electron chi connectivity index (χ4n) is 1.38. The highest BCUT2D eigenvalue weighted by Crippen LogP contribution is 2.27. The van der Waals surface area contributed by atoms with Crippen molar-refractivity contribution in [2.45, 2.75) is 18.9 Å². The summed E-state index contributed by atoms with van der Waals surface area (Å²) in [6, 6.07) is 3.87. The predicted molar refractivity (Wildman–Crippen MR) is 71.5 cm³/mol. The van der Waals surface area contributed by atoms with Crippen LogP contribution < -0.4 is 15.8 Å². The molecule has 19 heavy (non-hydrogen) atoms. The van der Waals surface area contributed by atoms with Crippen LogP contribution in [0, 0.1) is 0 Å². The van der Waals surface area contributed by atoms with E-state index < -0.39 is 17.9 Å².